The van der Waals surface area contributed by atoms with E-state index in [9.17, 15) is 22.8 Å². The van der Waals surface area contributed by atoms with Crippen LogP contribution in [0.5, 0.6) is 5.75 Å². The van der Waals surface area contributed by atoms with Crippen LogP contribution in [0.1, 0.15) is 39.6 Å². The molecule has 13 heteroatoms. The largest absolute Gasteiger partial charge is 0.493 e. The van der Waals surface area contributed by atoms with Crippen LogP contribution in [0.15, 0.2) is 47.5 Å². The third-order valence-electron chi connectivity index (χ3n) is 5.69. The highest BCUT2D eigenvalue weighted by Crippen LogP contribution is 2.35. The Kier molecular flexibility index (Phi) is 6.88. The molecule has 0 spiro atoms. The quantitative estimate of drug-likeness (QED) is 0.363. The van der Waals surface area contributed by atoms with E-state index in [2.05, 4.69) is 37.3 Å². The maximum atomic E-state index is 13.5. The molecule has 198 valence electrons. The number of carbonyl (C=O) groups is 1. The van der Waals surface area contributed by atoms with Gasteiger partial charge >= 0.3 is 6.18 Å². The Morgan fingerprint density at radius 2 is 2.00 bits per heavy atom. The van der Waals surface area contributed by atoms with E-state index in [1.807, 2.05) is 0 Å². The molecule has 0 unspecified atom stereocenters. The van der Waals surface area contributed by atoms with Crippen molar-refractivity contribution in [2.24, 2.45) is 5.92 Å². The summed E-state index contributed by atoms with van der Waals surface area (Å²) in [6.45, 7) is 1.76. The molecule has 39 heavy (non-hydrogen) atoms. The summed E-state index contributed by atoms with van der Waals surface area (Å²) in [5.41, 5.74) is 0.343. The summed E-state index contributed by atoms with van der Waals surface area (Å²) in [4.78, 5) is 33.0. The fourth-order valence-electron chi connectivity index (χ4n) is 3.60. The molecule has 1 fully saturated rings. The Hall–Kier alpha value is -4.57. The summed E-state index contributed by atoms with van der Waals surface area (Å²) in [5, 5.41) is 11.1. The van der Waals surface area contributed by atoms with E-state index in [-0.39, 0.29) is 33.3 Å². The average Bonchev–Trinajstić information content (AvgIpc) is 3.63. The van der Waals surface area contributed by atoms with Gasteiger partial charge in [0.1, 0.15) is 5.69 Å². The lowest BCUT2D eigenvalue weighted by Gasteiger charge is -2.16. The molecule has 1 saturated carbocycles. The summed E-state index contributed by atoms with van der Waals surface area (Å²) < 4.78 is 47.0. The van der Waals surface area contributed by atoms with Crippen LogP contribution in [0.2, 0.25) is 0 Å². The van der Waals surface area contributed by atoms with Crippen LogP contribution in [-0.4, -0.2) is 37.7 Å². The van der Waals surface area contributed by atoms with Crippen LogP contribution in [0, 0.1) is 24.7 Å². The number of pyridine rings is 1. The third-order valence-corrected chi connectivity index (χ3v) is 6.44. The van der Waals surface area contributed by atoms with Gasteiger partial charge in [-0.05, 0) is 55.5 Å². The highest BCUT2D eigenvalue weighted by Gasteiger charge is 2.36. The van der Waals surface area contributed by atoms with Crippen LogP contribution in [0.4, 0.5) is 18.3 Å². The number of hydrogen-bond acceptors (Lipinski definition) is 8. The first-order valence-corrected chi connectivity index (χ1v) is 12.4. The van der Waals surface area contributed by atoms with Crippen molar-refractivity contribution in [3.05, 3.63) is 75.0 Å². The Bertz CT molecular complexity index is 1700. The van der Waals surface area contributed by atoms with Crippen molar-refractivity contribution in [3.63, 3.8) is 0 Å². The van der Waals surface area contributed by atoms with Crippen LogP contribution in [-0.2, 0) is 6.18 Å². The Labute approximate surface area is 223 Å². The molecule has 1 amide bonds. The summed E-state index contributed by atoms with van der Waals surface area (Å²) in [5.74, 6) is 4.15. The summed E-state index contributed by atoms with van der Waals surface area (Å²) in [7, 11) is 1.25. The number of alkyl halides is 3. The number of halogens is 3. The topological polar surface area (TPSA) is 112 Å². The predicted octanol–water partition coefficient (Wildman–Crippen LogP) is 4.50. The second-order valence-corrected chi connectivity index (χ2v) is 9.64. The minimum Gasteiger partial charge on any atom is -0.493 e. The number of nitrogens with one attached hydrogen (secondary N) is 1. The van der Waals surface area contributed by atoms with E-state index < -0.39 is 17.9 Å². The molecule has 0 bridgehead atoms. The fraction of sp³-hybridized carbons (Fsp3) is 0.231. The zero-order valence-electron chi connectivity index (χ0n) is 20.5. The van der Waals surface area contributed by atoms with Crippen molar-refractivity contribution in [2.45, 2.75) is 25.9 Å². The van der Waals surface area contributed by atoms with Crippen molar-refractivity contribution >= 4 is 22.4 Å². The second-order valence-electron chi connectivity index (χ2n) is 8.66. The zero-order chi connectivity index (χ0) is 27.7. The molecular weight excluding hydrogens is 533 g/mol. The van der Waals surface area contributed by atoms with E-state index >= 15 is 0 Å². The number of amides is 1. The number of aromatic nitrogens is 5. The summed E-state index contributed by atoms with van der Waals surface area (Å²) in [6, 6.07) is 7.39. The number of anilines is 1. The zero-order valence-corrected chi connectivity index (χ0v) is 21.4. The molecule has 0 saturated heterocycles. The molecule has 1 aliphatic carbocycles. The molecule has 0 atom stereocenters. The maximum absolute atomic E-state index is 13.5. The fourth-order valence-corrected chi connectivity index (χ4v) is 4.20. The number of carbonyl (C=O) groups excluding carboxylic acids is 1. The van der Waals surface area contributed by atoms with Crippen LogP contribution in [0.25, 0.3) is 16.9 Å². The molecule has 0 radical (unpaired) electrons. The molecule has 9 nitrogen and oxygen atoms in total. The van der Waals surface area contributed by atoms with E-state index in [0.29, 0.717) is 16.6 Å². The molecule has 4 aromatic rings. The molecular formula is C26H19F3N6O3S. The van der Waals surface area contributed by atoms with Crippen molar-refractivity contribution in [1.82, 2.24) is 24.7 Å². The number of ether oxygens (including phenoxy) is 1. The number of benzene rings is 1. The monoisotopic (exact) mass is 552 g/mol. The first kappa shape index (κ1) is 26.1. The Morgan fingerprint density at radius 3 is 2.69 bits per heavy atom. The normalized spacial score (nSPS) is 12.9. The van der Waals surface area contributed by atoms with Gasteiger partial charge in [0.15, 0.2) is 10.8 Å². The molecule has 3 aromatic heterocycles. The van der Waals surface area contributed by atoms with Gasteiger partial charge in [0.25, 0.3) is 11.5 Å². The minimum absolute atomic E-state index is 0.0134. The van der Waals surface area contributed by atoms with Gasteiger partial charge in [-0.25, -0.2) is 9.97 Å². The standard InChI is InChI=1S/C26H19F3N6O3S/c1-14-9-10-35(21(36)11-14)16-6-7-17(23(37)32-25-34-33-20(39-25)8-5-15-3-4-15)18(12-16)22-19(38-2)13-30-24(31-22)26(27,28)29/h6-7,9-13,15H,3-4H2,1-2H3,(H,32,34,37). The second kappa shape index (κ2) is 10.3. The summed E-state index contributed by atoms with van der Waals surface area (Å²) in [6.07, 6.45) is -0.344. The van der Waals surface area contributed by atoms with Crippen molar-refractivity contribution in [2.75, 3.05) is 12.4 Å². The van der Waals surface area contributed by atoms with E-state index in [1.165, 1.54) is 42.1 Å². The molecule has 5 rings (SSSR count). The van der Waals surface area contributed by atoms with Crippen LogP contribution in [0.3, 0.4) is 0 Å². The van der Waals surface area contributed by atoms with Gasteiger partial charge in [-0.1, -0.05) is 17.3 Å². The lowest BCUT2D eigenvalue weighted by atomic mass is 10.0. The average molecular weight is 553 g/mol. The van der Waals surface area contributed by atoms with Crippen molar-refractivity contribution in [3.8, 4) is 34.5 Å². The Balaban J connectivity index is 1.60. The molecule has 1 aliphatic rings. The number of nitrogens with zero attached hydrogens (tertiary/aromatic N) is 5. The predicted molar refractivity (Wildman–Crippen MR) is 137 cm³/mol. The number of hydrogen-bond donors (Lipinski definition) is 1. The highest BCUT2D eigenvalue weighted by atomic mass is 32.1. The van der Waals surface area contributed by atoms with Crippen molar-refractivity contribution < 1.29 is 22.7 Å². The van der Waals surface area contributed by atoms with Gasteiger partial charge in [0, 0.05) is 35.0 Å². The van der Waals surface area contributed by atoms with Crippen molar-refractivity contribution in [1.29, 1.82) is 0 Å². The molecule has 1 aromatic carbocycles. The Morgan fingerprint density at radius 1 is 1.21 bits per heavy atom. The molecule has 0 aliphatic heterocycles. The first-order valence-electron chi connectivity index (χ1n) is 11.6. The van der Waals surface area contributed by atoms with E-state index in [4.69, 9.17) is 4.74 Å². The first-order chi connectivity index (χ1) is 18.6. The number of aryl methyl sites for hydroxylation is 1. The van der Waals surface area contributed by atoms with Gasteiger partial charge in [-0.15, -0.1) is 10.2 Å². The van der Waals surface area contributed by atoms with Gasteiger partial charge < -0.3 is 4.74 Å². The smallest absolute Gasteiger partial charge is 0.451 e. The third kappa shape index (κ3) is 5.80. The molecule has 3 heterocycles. The maximum Gasteiger partial charge on any atom is 0.451 e. The SMILES string of the molecule is COc1cnc(C(F)(F)F)nc1-c1cc(-n2ccc(C)cc2=O)ccc1C(=O)Nc1nnc(C#CC2CC2)s1. The van der Waals surface area contributed by atoms with Crippen LogP contribution < -0.4 is 15.6 Å². The van der Waals surface area contributed by atoms with E-state index in [1.54, 1.807) is 13.0 Å². The highest BCUT2D eigenvalue weighted by molar-refractivity contribution is 7.15. The number of rotatable bonds is 5. The minimum atomic E-state index is -4.85. The lowest BCUT2D eigenvalue weighted by molar-refractivity contribution is -0.144. The number of methoxy groups -OCH3 is 1. The van der Waals surface area contributed by atoms with Crippen LogP contribution >= 0.6 is 11.3 Å². The molecule has 1 N–H and O–H groups in total. The van der Waals surface area contributed by atoms with Gasteiger partial charge in [-0.2, -0.15) is 13.2 Å². The lowest BCUT2D eigenvalue weighted by Crippen LogP contribution is -2.18. The summed E-state index contributed by atoms with van der Waals surface area (Å²) >= 11 is 1.07. The van der Waals surface area contributed by atoms with Gasteiger partial charge in [0.05, 0.1) is 13.3 Å². The van der Waals surface area contributed by atoms with Gasteiger partial charge in [0.2, 0.25) is 11.0 Å². The van der Waals surface area contributed by atoms with Gasteiger partial charge in [-0.3, -0.25) is 19.5 Å². The van der Waals surface area contributed by atoms with E-state index in [0.717, 1.165) is 35.9 Å².